The summed E-state index contributed by atoms with van der Waals surface area (Å²) in [5.41, 5.74) is 8.46. The van der Waals surface area contributed by atoms with Gasteiger partial charge in [-0.15, -0.1) is 0 Å². The van der Waals surface area contributed by atoms with Crippen molar-refractivity contribution in [1.29, 1.82) is 0 Å². The van der Waals surface area contributed by atoms with E-state index < -0.39 is 0 Å². The molecule has 0 saturated heterocycles. The van der Waals surface area contributed by atoms with E-state index in [1.165, 1.54) is 0 Å². The number of nitrogens with zero attached hydrogens (tertiary/aromatic N) is 2. The molecule has 0 heterocycles. The number of allylic oxidation sites excluding steroid dienone is 16. The van der Waals surface area contributed by atoms with Gasteiger partial charge in [-0.1, -0.05) is 105 Å². The van der Waals surface area contributed by atoms with E-state index >= 15 is 0 Å². The zero-order valence-corrected chi connectivity index (χ0v) is 25.3. The van der Waals surface area contributed by atoms with Crippen LogP contribution in [0.5, 0.6) is 0 Å². The first-order valence-electron chi connectivity index (χ1n) is 13.9. The molecule has 0 atom stereocenters. The standard InChI is InChI=1S/C39H44N2/c1-9-15-23-36(13-5)41(39-26-20-17-21-27-39)37(14-6)31-28-32(7)34(11-3)30-29-33(8)40(35(12-4)22-10-2)38-24-18-16-19-25-38/h9-31H,1,3,6H2,2,4-5,7-8H3/b22-10-,23-15-,32-28+,33-29+,34-30+,35-12+,36-13+,37-31+. The van der Waals surface area contributed by atoms with Crippen LogP contribution in [0.4, 0.5) is 11.4 Å². The van der Waals surface area contributed by atoms with Crippen LogP contribution in [0.15, 0.2) is 193 Å². The fraction of sp³-hybridized carbons (Fsp3) is 0.128. The highest BCUT2D eigenvalue weighted by Gasteiger charge is 2.13. The fourth-order valence-corrected chi connectivity index (χ4v) is 4.28. The molecule has 2 heteroatoms. The maximum Gasteiger partial charge on any atom is 0.0461 e. The summed E-state index contributed by atoms with van der Waals surface area (Å²) in [6, 6.07) is 20.7. The molecule has 0 spiro atoms. The third-order valence-electron chi connectivity index (χ3n) is 6.38. The van der Waals surface area contributed by atoms with E-state index in [2.05, 4.69) is 135 Å². The summed E-state index contributed by atoms with van der Waals surface area (Å²) in [7, 11) is 0. The Morgan fingerprint density at radius 2 is 1.17 bits per heavy atom. The molecule has 0 saturated carbocycles. The normalized spacial score (nSPS) is 14.0. The van der Waals surface area contributed by atoms with Gasteiger partial charge >= 0.3 is 0 Å². The number of anilines is 2. The Morgan fingerprint density at radius 1 is 0.610 bits per heavy atom. The molecule has 210 valence electrons. The molecule has 0 bridgehead atoms. The van der Waals surface area contributed by atoms with Crippen molar-refractivity contribution in [2.24, 2.45) is 0 Å². The van der Waals surface area contributed by atoms with Crippen LogP contribution in [0.25, 0.3) is 0 Å². The molecule has 41 heavy (non-hydrogen) atoms. The molecule has 0 aliphatic carbocycles. The van der Waals surface area contributed by atoms with Crippen molar-refractivity contribution in [2.45, 2.75) is 34.6 Å². The van der Waals surface area contributed by atoms with Gasteiger partial charge in [-0.3, -0.25) is 0 Å². The van der Waals surface area contributed by atoms with E-state index in [-0.39, 0.29) is 0 Å². The average molecular weight is 541 g/mol. The van der Waals surface area contributed by atoms with Gasteiger partial charge in [0.25, 0.3) is 0 Å². The van der Waals surface area contributed by atoms with Crippen LogP contribution in [-0.2, 0) is 0 Å². The van der Waals surface area contributed by atoms with Gasteiger partial charge in [-0.05, 0) is 100 Å². The maximum absolute atomic E-state index is 4.12. The van der Waals surface area contributed by atoms with Crippen LogP contribution < -0.4 is 9.80 Å². The second-order valence-electron chi connectivity index (χ2n) is 9.14. The van der Waals surface area contributed by atoms with Crippen molar-refractivity contribution in [3.05, 3.63) is 193 Å². The third kappa shape index (κ3) is 9.40. The first kappa shape index (κ1) is 32.4. The van der Waals surface area contributed by atoms with Gasteiger partial charge in [0, 0.05) is 34.2 Å². The minimum atomic E-state index is 0.951. The topological polar surface area (TPSA) is 6.48 Å². The highest BCUT2D eigenvalue weighted by Crippen LogP contribution is 2.27. The second-order valence-corrected chi connectivity index (χ2v) is 9.14. The van der Waals surface area contributed by atoms with Crippen LogP contribution in [0.2, 0.25) is 0 Å². The summed E-state index contributed by atoms with van der Waals surface area (Å²) in [5.74, 6) is 0. The molecule has 0 aromatic heterocycles. The zero-order chi connectivity index (χ0) is 30.0. The minimum absolute atomic E-state index is 0.951. The van der Waals surface area contributed by atoms with Crippen molar-refractivity contribution >= 4 is 11.4 Å². The zero-order valence-electron chi connectivity index (χ0n) is 25.3. The molecule has 2 aromatic carbocycles. The van der Waals surface area contributed by atoms with Crippen LogP contribution in [0.3, 0.4) is 0 Å². The quantitative estimate of drug-likeness (QED) is 0.220. The lowest BCUT2D eigenvalue weighted by Crippen LogP contribution is -2.19. The lowest BCUT2D eigenvalue weighted by Gasteiger charge is -2.27. The second kappa shape index (κ2) is 17.7. The molecule has 2 nitrogen and oxygen atoms in total. The van der Waals surface area contributed by atoms with E-state index in [0.717, 1.165) is 45.3 Å². The van der Waals surface area contributed by atoms with Gasteiger partial charge in [-0.25, -0.2) is 0 Å². The van der Waals surface area contributed by atoms with E-state index in [1.54, 1.807) is 6.08 Å². The van der Waals surface area contributed by atoms with Gasteiger partial charge in [0.15, 0.2) is 0 Å². The van der Waals surface area contributed by atoms with Crippen LogP contribution >= 0.6 is 0 Å². The lowest BCUT2D eigenvalue weighted by molar-refractivity contribution is 1.09. The SMILES string of the molecule is C=C/C=C\C(=C/C)N(/C(C=C)=C/C=C(C)/C(C=C)=C/C=C(\C)N(C(/C=C\C)=C/C)c1ccccc1)c1ccccc1. The first-order chi connectivity index (χ1) is 19.9. The Morgan fingerprint density at radius 3 is 1.66 bits per heavy atom. The monoisotopic (exact) mass is 540 g/mol. The molecule has 0 aliphatic heterocycles. The smallest absolute Gasteiger partial charge is 0.0461 e. The molecule has 0 fully saturated rings. The van der Waals surface area contributed by atoms with E-state index in [9.17, 15) is 0 Å². The molecule has 2 aromatic rings. The number of hydrogen-bond acceptors (Lipinski definition) is 2. The lowest BCUT2D eigenvalue weighted by atomic mass is 10.1. The van der Waals surface area contributed by atoms with Gasteiger partial charge in [0.05, 0.1) is 0 Å². The Hall–Kier alpha value is -4.82. The molecular weight excluding hydrogens is 496 g/mol. The Balaban J connectivity index is 2.54. The summed E-state index contributed by atoms with van der Waals surface area (Å²) < 4.78 is 0. The van der Waals surface area contributed by atoms with Gasteiger partial charge < -0.3 is 9.80 Å². The van der Waals surface area contributed by atoms with Crippen molar-refractivity contribution < 1.29 is 0 Å². The van der Waals surface area contributed by atoms with E-state index in [1.807, 2.05) is 62.4 Å². The minimum Gasteiger partial charge on any atom is -0.315 e. The predicted octanol–water partition coefficient (Wildman–Crippen LogP) is 11.2. The first-order valence-corrected chi connectivity index (χ1v) is 13.9. The van der Waals surface area contributed by atoms with E-state index in [0.29, 0.717) is 0 Å². The molecule has 2 rings (SSSR count). The molecule has 0 N–H and O–H groups in total. The van der Waals surface area contributed by atoms with Crippen LogP contribution in [-0.4, -0.2) is 0 Å². The van der Waals surface area contributed by atoms with Gasteiger partial charge in [0.1, 0.15) is 0 Å². The largest absolute Gasteiger partial charge is 0.315 e. The van der Waals surface area contributed by atoms with Gasteiger partial charge in [-0.2, -0.15) is 0 Å². The van der Waals surface area contributed by atoms with Crippen molar-refractivity contribution in [3.63, 3.8) is 0 Å². The molecule has 0 aliphatic rings. The number of para-hydroxylation sites is 2. The fourth-order valence-electron chi connectivity index (χ4n) is 4.28. The van der Waals surface area contributed by atoms with Crippen molar-refractivity contribution in [1.82, 2.24) is 0 Å². The Labute approximate surface area is 248 Å². The summed E-state index contributed by atoms with van der Waals surface area (Å²) in [5, 5.41) is 0. The Kier molecular flexibility index (Phi) is 14.0. The van der Waals surface area contributed by atoms with Crippen molar-refractivity contribution in [3.8, 4) is 0 Å². The molecule has 0 radical (unpaired) electrons. The van der Waals surface area contributed by atoms with Crippen LogP contribution in [0.1, 0.15) is 34.6 Å². The summed E-state index contributed by atoms with van der Waals surface area (Å²) in [6.07, 6.45) is 26.4. The number of rotatable bonds is 14. The molecular formula is C39H44N2. The highest BCUT2D eigenvalue weighted by atomic mass is 15.2. The third-order valence-corrected chi connectivity index (χ3v) is 6.38. The van der Waals surface area contributed by atoms with E-state index in [4.69, 9.17) is 0 Å². The summed E-state index contributed by atoms with van der Waals surface area (Å²) in [4.78, 5) is 4.43. The predicted molar refractivity (Wildman–Crippen MR) is 184 cm³/mol. The van der Waals surface area contributed by atoms with Crippen LogP contribution in [0, 0.1) is 0 Å². The maximum atomic E-state index is 4.12. The number of benzene rings is 2. The Bertz CT molecular complexity index is 1400. The summed E-state index contributed by atoms with van der Waals surface area (Å²) in [6.45, 7) is 22.4. The van der Waals surface area contributed by atoms with Gasteiger partial charge in [0.2, 0.25) is 0 Å². The molecule has 0 amide bonds. The highest BCUT2D eigenvalue weighted by molar-refractivity contribution is 5.64. The molecule has 0 unspecified atom stereocenters. The summed E-state index contributed by atoms with van der Waals surface area (Å²) >= 11 is 0. The number of hydrogen-bond donors (Lipinski definition) is 0. The van der Waals surface area contributed by atoms with Crippen molar-refractivity contribution in [2.75, 3.05) is 9.80 Å². The average Bonchev–Trinajstić information content (AvgIpc) is 3.01.